The highest BCUT2D eigenvalue weighted by Crippen LogP contribution is 2.45. The van der Waals surface area contributed by atoms with Crippen LogP contribution in [-0.4, -0.2) is 16.0 Å². The van der Waals surface area contributed by atoms with Crippen molar-refractivity contribution >= 4 is 33.2 Å². The van der Waals surface area contributed by atoms with Crippen LogP contribution in [0.5, 0.6) is 0 Å². The number of carbonyl (C=O) groups excluding carboxylic acids is 1. The molecule has 0 bridgehead atoms. The van der Waals surface area contributed by atoms with Gasteiger partial charge in [0.2, 0.25) is 17.6 Å². The van der Waals surface area contributed by atoms with E-state index in [1.165, 1.54) is 0 Å². The maximum Gasteiger partial charge on any atom is 0.227 e. The van der Waals surface area contributed by atoms with Crippen molar-refractivity contribution in [2.75, 3.05) is 0 Å². The van der Waals surface area contributed by atoms with Gasteiger partial charge in [0.15, 0.2) is 0 Å². The second kappa shape index (κ2) is 6.72. The average molecular weight is 418 g/mol. The van der Waals surface area contributed by atoms with Crippen LogP contribution >= 0.6 is 27.3 Å². The third-order valence-corrected chi connectivity index (χ3v) is 5.70. The van der Waals surface area contributed by atoms with E-state index in [1.807, 2.05) is 29.6 Å². The number of benzene rings is 1. The summed E-state index contributed by atoms with van der Waals surface area (Å²) in [4.78, 5) is 17.7. The molecular weight excluding hydrogens is 402 g/mol. The first-order chi connectivity index (χ1) is 12.1. The summed E-state index contributed by atoms with van der Waals surface area (Å²) in [5, 5.41) is 9.10. The number of thiophene rings is 1. The van der Waals surface area contributed by atoms with Crippen molar-refractivity contribution in [1.82, 2.24) is 15.5 Å². The van der Waals surface area contributed by atoms with Gasteiger partial charge in [-0.05, 0) is 42.0 Å². The minimum atomic E-state index is -0.200. The van der Waals surface area contributed by atoms with E-state index in [-0.39, 0.29) is 11.4 Å². The highest BCUT2D eigenvalue weighted by Gasteiger charge is 2.45. The van der Waals surface area contributed by atoms with Crippen molar-refractivity contribution in [2.45, 2.75) is 31.2 Å². The SMILES string of the molecule is O=C(CCc1nc(-c2cccs2)no1)NC1(c2ccc(Br)cc2)CC1. The van der Waals surface area contributed by atoms with Crippen molar-refractivity contribution < 1.29 is 9.32 Å². The smallest absolute Gasteiger partial charge is 0.227 e. The molecule has 1 fully saturated rings. The molecule has 1 aliphatic rings. The van der Waals surface area contributed by atoms with E-state index >= 15 is 0 Å². The van der Waals surface area contributed by atoms with Gasteiger partial charge in [-0.25, -0.2) is 0 Å². The molecule has 25 heavy (non-hydrogen) atoms. The Balaban J connectivity index is 1.34. The maximum absolute atomic E-state index is 12.3. The van der Waals surface area contributed by atoms with Gasteiger partial charge >= 0.3 is 0 Å². The molecule has 3 aromatic rings. The van der Waals surface area contributed by atoms with Crippen LogP contribution in [0, 0.1) is 0 Å². The normalized spacial score (nSPS) is 15.1. The number of aryl methyl sites for hydroxylation is 1. The van der Waals surface area contributed by atoms with Gasteiger partial charge in [0.1, 0.15) is 0 Å². The van der Waals surface area contributed by atoms with Gasteiger partial charge in [0.25, 0.3) is 0 Å². The van der Waals surface area contributed by atoms with Gasteiger partial charge < -0.3 is 9.84 Å². The Morgan fingerprint density at radius 3 is 2.76 bits per heavy atom. The van der Waals surface area contributed by atoms with Crippen LogP contribution in [-0.2, 0) is 16.8 Å². The monoisotopic (exact) mass is 417 g/mol. The predicted molar refractivity (Wildman–Crippen MR) is 99.1 cm³/mol. The first-order valence-electron chi connectivity index (χ1n) is 8.08. The van der Waals surface area contributed by atoms with Crippen LogP contribution in [0.25, 0.3) is 10.7 Å². The van der Waals surface area contributed by atoms with E-state index in [0.717, 1.165) is 27.8 Å². The minimum Gasteiger partial charge on any atom is -0.347 e. The quantitative estimate of drug-likeness (QED) is 0.648. The van der Waals surface area contributed by atoms with E-state index in [9.17, 15) is 4.79 Å². The molecule has 1 N–H and O–H groups in total. The molecule has 7 heteroatoms. The second-order valence-electron chi connectivity index (χ2n) is 6.13. The van der Waals surface area contributed by atoms with Gasteiger partial charge in [-0.2, -0.15) is 4.98 Å². The van der Waals surface area contributed by atoms with Crippen LogP contribution in [0.3, 0.4) is 0 Å². The van der Waals surface area contributed by atoms with Gasteiger partial charge in [0.05, 0.1) is 10.4 Å². The molecule has 0 radical (unpaired) electrons. The molecule has 4 rings (SSSR count). The number of halogens is 1. The number of hydrogen-bond acceptors (Lipinski definition) is 5. The predicted octanol–water partition coefficient (Wildman–Crippen LogP) is 4.30. The van der Waals surface area contributed by atoms with Crippen LogP contribution in [0.2, 0.25) is 0 Å². The lowest BCUT2D eigenvalue weighted by Gasteiger charge is -2.18. The number of nitrogens with one attached hydrogen (secondary N) is 1. The Kier molecular flexibility index (Phi) is 4.43. The highest BCUT2D eigenvalue weighted by molar-refractivity contribution is 9.10. The van der Waals surface area contributed by atoms with E-state index in [0.29, 0.717) is 24.6 Å². The van der Waals surface area contributed by atoms with Crippen molar-refractivity contribution in [3.05, 3.63) is 57.7 Å². The summed E-state index contributed by atoms with van der Waals surface area (Å²) in [5.74, 6) is 1.09. The Hall–Kier alpha value is -1.99. The first-order valence-corrected chi connectivity index (χ1v) is 9.75. The summed E-state index contributed by atoms with van der Waals surface area (Å²) in [6.07, 6.45) is 2.73. The van der Waals surface area contributed by atoms with Crippen molar-refractivity contribution in [3.8, 4) is 10.7 Å². The summed E-state index contributed by atoms with van der Waals surface area (Å²) in [7, 11) is 0. The van der Waals surface area contributed by atoms with E-state index < -0.39 is 0 Å². The molecule has 1 saturated carbocycles. The van der Waals surface area contributed by atoms with Crippen LogP contribution in [0.4, 0.5) is 0 Å². The lowest BCUT2D eigenvalue weighted by Crippen LogP contribution is -2.34. The Morgan fingerprint density at radius 1 is 1.28 bits per heavy atom. The highest BCUT2D eigenvalue weighted by atomic mass is 79.9. The lowest BCUT2D eigenvalue weighted by molar-refractivity contribution is -0.122. The number of rotatable bonds is 6. The van der Waals surface area contributed by atoms with E-state index in [4.69, 9.17) is 4.52 Å². The molecule has 128 valence electrons. The molecule has 1 aliphatic carbocycles. The average Bonchev–Trinajstić information content (AvgIpc) is 3.05. The van der Waals surface area contributed by atoms with Crippen molar-refractivity contribution in [3.63, 3.8) is 0 Å². The second-order valence-corrected chi connectivity index (χ2v) is 7.99. The van der Waals surface area contributed by atoms with Crippen molar-refractivity contribution in [1.29, 1.82) is 0 Å². The standard InChI is InChI=1S/C18H16BrN3O2S/c19-13-5-3-12(4-6-13)18(9-10-18)21-15(23)7-8-16-20-17(22-24-16)14-2-1-11-25-14/h1-6,11H,7-10H2,(H,21,23). The van der Waals surface area contributed by atoms with Gasteiger partial charge in [-0.3, -0.25) is 4.79 Å². The molecule has 0 spiro atoms. The lowest BCUT2D eigenvalue weighted by atomic mass is 10.0. The third-order valence-electron chi connectivity index (χ3n) is 4.30. The first kappa shape index (κ1) is 16.5. The summed E-state index contributed by atoms with van der Waals surface area (Å²) in [6, 6.07) is 12.0. The Labute approximate surface area is 157 Å². The molecule has 0 saturated heterocycles. The fraction of sp³-hybridized carbons (Fsp3) is 0.278. The molecule has 2 heterocycles. The summed E-state index contributed by atoms with van der Waals surface area (Å²) in [6.45, 7) is 0. The number of aromatic nitrogens is 2. The number of nitrogens with zero attached hydrogens (tertiary/aromatic N) is 2. The molecule has 1 aromatic carbocycles. The zero-order valence-corrected chi connectivity index (χ0v) is 15.8. The molecule has 0 atom stereocenters. The van der Waals surface area contributed by atoms with E-state index in [2.05, 4.69) is 43.5 Å². The van der Waals surface area contributed by atoms with Crippen LogP contribution in [0.1, 0.15) is 30.7 Å². The molecule has 0 unspecified atom stereocenters. The van der Waals surface area contributed by atoms with Gasteiger partial charge in [-0.1, -0.05) is 39.3 Å². The van der Waals surface area contributed by atoms with Gasteiger partial charge in [0, 0.05) is 17.3 Å². The fourth-order valence-electron chi connectivity index (χ4n) is 2.79. The summed E-state index contributed by atoms with van der Waals surface area (Å²) < 4.78 is 6.28. The molecule has 5 nitrogen and oxygen atoms in total. The minimum absolute atomic E-state index is 0.0105. The zero-order valence-electron chi connectivity index (χ0n) is 13.4. The van der Waals surface area contributed by atoms with Crippen LogP contribution < -0.4 is 5.32 Å². The Morgan fingerprint density at radius 2 is 2.08 bits per heavy atom. The number of carbonyl (C=O) groups is 1. The maximum atomic E-state index is 12.3. The molecule has 0 aliphatic heterocycles. The Bertz CT molecular complexity index is 870. The zero-order chi connectivity index (χ0) is 17.3. The fourth-order valence-corrected chi connectivity index (χ4v) is 3.71. The van der Waals surface area contributed by atoms with E-state index in [1.54, 1.807) is 11.3 Å². The molecular formula is C18H16BrN3O2S. The molecule has 2 aromatic heterocycles. The third kappa shape index (κ3) is 3.67. The number of hydrogen-bond donors (Lipinski definition) is 1. The van der Waals surface area contributed by atoms with Crippen molar-refractivity contribution in [2.24, 2.45) is 0 Å². The topological polar surface area (TPSA) is 68.0 Å². The summed E-state index contributed by atoms with van der Waals surface area (Å²) >= 11 is 5.00. The number of amides is 1. The van der Waals surface area contributed by atoms with Crippen LogP contribution in [0.15, 0.2) is 50.8 Å². The molecule has 1 amide bonds. The summed E-state index contributed by atoms with van der Waals surface area (Å²) in [5.41, 5.74) is 0.955. The largest absolute Gasteiger partial charge is 0.347 e. The van der Waals surface area contributed by atoms with Gasteiger partial charge in [-0.15, -0.1) is 11.3 Å².